The van der Waals surface area contributed by atoms with Gasteiger partial charge in [-0.25, -0.2) is 0 Å². The van der Waals surface area contributed by atoms with Gasteiger partial charge in [-0.05, 0) is 31.7 Å². The molecule has 15 heavy (non-hydrogen) atoms. The first-order valence-electron chi connectivity index (χ1n) is 5.11. The summed E-state index contributed by atoms with van der Waals surface area (Å²) in [5.74, 6) is 0.523. The van der Waals surface area contributed by atoms with Crippen molar-refractivity contribution in [2.75, 3.05) is 0 Å². The Balaban J connectivity index is 1.96. The first-order chi connectivity index (χ1) is 7.07. The second-order valence-electron chi connectivity index (χ2n) is 4.63. The molecular formula is C10H12N2O3. The fourth-order valence-corrected chi connectivity index (χ4v) is 2.41. The van der Waals surface area contributed by atoms with Crippen LogP contribution in [0.3, 0.4) is 0 Å². The maximum absolute atomic E-state index is 10.5. The number of nitro groups is 1. The molecular weight excluding hydrogens is 196 g/mol. The molecule has 0 spiro atoms. The standard InChI is InChI=1S/C10H12N2O3/c11-10(5-6-10)9(3-4-9)7-1-2-8(15-7)12(13)14/h1-2H,3-6,11H2. The van der Waals surface area contributed by atoms with Crippen LogP contribution in [0.1, 0.15) is 31.4 Å². The molecule has 0 atom stereocenters. The minimum Gasteiger partial charge on any atom is -0.405 e. The molecule has 1 aromatic rings. The van der Waals surface area contributed by atoms with E-state index in [4.69, 9.17) is 10.2 Å². The number of hydrogen-bond donors (Lipinski definition) is 1. The highest BCUT2D eigenvalue weighted by Crippen LogP contribution is 2.63. The van der Waals surface area contributed by atoms with Crippen LogP contribution in [0.15, 0.2) is 16.5 Å². The van der Waals surface area contributed by atoms with Crippen molar-refractivity contribution in [3.63, 3.8) is 0 Å². The molecule has 0 aliphatic heterocycles. The fourth-order valence-electron chi connectivity index (χ4n) is 2.41. The van der Waals surface area contributed by atoms with E-state index >= 15 is 0 Å². The van der Waals surface area contributed by atoms with Crippen molar-refractivity contribution in [3.8, 4) is 0 Å². The molecule has 2 fully saturated rings. The number of nitrogens with zero attached hydrogens (tertiary/aromatic N) is 1. The van der Waals surface area contributed by atoms with Gasteiger partial charge in [-0.2, -0.15) is 0 Å². The highest BCUT2D eigenvalue weighted by molar-refractivity contribution is 5.37. The number of nitrogens with two attached hydrogens (primary N) is 1. The smallest absolute Gasteiger partial charge is 0.405 e. The van der Waals surface area contributed by atoms with Gasteiger partial charge in [-0.1, -0.05) is 0 Å². The van der Waals surface area contributed by atoms with E-state index in [1.54, 1.807) is 6.07 Å². The zero-order valence-corrected chi connectivity index (χ0v) is 8.23. The summed E-state index contributed by atoms with van der Waals surface area (Å²) in [6.07, 6.45) is 3.99. The molecule has 2 N–H and O–H groups in total. The maximum atomic E-state index is 10.5. The van der Waals surface area contributed by atoms with E-state index < -0.39 is 4.92 Å². The third-order valence-electron chi connectivity index (χ3n) is 3.74. The van der Waals surface area contributed by atoms with E-state index in [-0.39, 0.29) is 16.8 Å². The van der Waals surface area contributed by atoms with Gasteiger partial charge in [0.25, 0.3) is 0 Å². The number of furan rings is 1. The van der Waals surface area contributed by atoms with Crippen molar-refractivity contribution in [1.82, 2.24) is 0 Å². The molecule has 0 amide bonds. The lowest BCUT2D eigenvalue weighted by Crippen LogP contribution is -2.36. The summed E-state index contributed by atoms with van der Waals surface area (Å²) in [6, 6.07) is 3.12. The summed E-state index contributed by atoms with van der Waals surface area (Å²) in [5, 5.41) is 10.5. The van der Waals surface area contributed by atoms with Crippen LogP contribution in [0.4, 0.5) is 5.88 Å². The minimum atomic E-state index is -0.504. The summed E-state index contributed by atoms with van der Waals surface area (Å²) in [7, 11) is 0. The summed E-state index contributed by atoms with van der Waals surface area (Å²) >= 11 is 0. The van der Waals surface area contributed by atoms with Crippen molar-refractivity contribution in [3.05, 3.63) is 28.0 Å². The highest BCUT2D eigenvalue weighted by Gasteiger charge is 2.66. The fraction of sp³-hybridized carbons (Fsp3) is 0.600. The molecule has 0 unspecified atom stereocenters. The predicted molar refractivity (Wildman–Crippen MR) is 52.4 cm³/mol. The molecule has 0 bridgehead atoms. The van der Waals surface area contributed by atoms with Gasteiger partial charge in [0.05, 0.1) is 6.07 Å². The van der Waals surface area contributed by atoms with Crippen LogP contribution in [0.2, 0.25) is 0 Å². The predicted octanol–water partition coefficient (Wildman–Crippen LogP) is 1.71. The first-order valence-corrected chi connectivity index (χ1v) is 5.11. The van der Waals surface area contributed by atoms with E-state index in [0.717, 1.165) is 25.7 Å². The topological polar surface area (TPSA) is 82.3 Å². The lowest BCUT2D eigenvalue weighted by Gasteiger charge is -2.19. The van der Waals surface area contributed by atoms with Crippen molar-refractivity contribution in [2.24, 2.45) is 5.73 Å². The Morgan fingerprint density at radius 3 is 2.40 bits per heavy atom. The maximum Gasteiger partial charge on any atom is 0.433 e. The van der Waals surface area contributed by atoms with Gasteiger partial charge in [-0.15, -0.1) is 0 Å². The van der Waals surface area contributed by atoms with Crippen molar-refractivity contribution < 1.29 is 9.34 Å². The lowest BCUT2D eigenvalue weighted by molar-refractivity contribution is -0.402. The van der Waals surface area contributed by atoms with Crippen molar-refractivity contribution in [1.29, 1.82) is 0 Å². The molecule has 2 aliphatic carbocycles. The third kappa shape index (κ3) is 1.07. The van der Waals surface area contributed by atoms with Gasteiger partial charge in [0.1, 0.15) is 10.7 Å². The van der Waals surface area contributed by atoms with Crippen LogP contribution in [0, 0.1) is 10.1 Å². The Bertz CT molecular complexity index is 430. The van der Waals surface area contributed by atoms with E-state index in [9.17, 15) is 10.1 Å². The molecule has 0 saturated heterocycles. The van der Waals surface area contributed by atoms with E-state index in [1.165, 1.54) is 6.07 Å². The van der Waals surface area contributed by atoms with E-state index in [0.29, 0.717) is 5.76 Å². The highest BCUT2D eigenvalue weighted by atomic mass is 16.6. The van der Waals surface area contributed by atoms with Crippen molar-refractivity contribution >= 4 is 5.88 Å². The zero-order chi connectivity index (χ0) is 10.7. The third-order valence-corrected chi connectivity index (χ3v) is 3.74. The molecule has 1 heterocycles. The molecule has 3 rings (SSSR count). The van der Waals surface area contributed by atoms with Gasteiger partial charge in [0, 0.05) is 11.0 Å². The Hall–Kier alpha value is -1.36. The van der Waals surface area contributed by atoms with Crippen LogP contribution >= 0.6 is 0 Å². The van der Waals surface area contributed by atoms with Gasteiger partial charge in [0.15, 0.2) is 0 Å². The van der Waals surface area contributed by atoms with Crippen LogP contribution in [-0.2, 0) is 5.41 Å². The Morgan fingerprint density at radius 2 is 2.00 bits per heavy atom. The SMILES string of the molecule is NC1(C2(c3ccc([N+](=O)[O-])o3)CC2)CC1. The minimum absolute atomic E-state index is 0.0960. The molecule has 0 radical (unpaired) electrons. The second-order valence-corrected chi connectivity index (χ2v) is 4.63. The van der Waals surface area contributed by atoms with Gasteiger partial charge >= 0.3 is 5.88 Å². The quantitative estimate of drug-likeness (QED) is 0.605. The molecule has 0 aromatic carbocycles. The summed E-state index contributed by atoms with van der Waals surface area (Å²) in [4.78, 5) is 10.0. The van der Waals surface area contributed by atoms with Gasteiger partial charge in [-0.3, -0.25) is 10.1 Å². The molecule has 5 nitrogen and oxygen atoms in total. The molecule has 1 aromatic heterocycles. The van der Waals surface area contributed by atoms with Crippen LogP contribution in [0.5, 0.6) is 0 Å². The van der Waals surface area contributed by atoms with Crippen LogP contribution in [0.25, 0.3) is 0 Å². The first kappa shape index (κ1) is 8.91. The number of rotatable bonds is 3. The number of hydrogen-bond acceptors (Lipinski definition) is 4. The summed E-state index contributed by atoms with van der Waals surface area (Å²) in [5.41, 5.74) is 5.92. The second kappa shape index (κ2) is 2.41. The van der Waals surface area contributed by atoms with Gasteiger partial charge in [0.2, 0.25) is 0 Å². The Labute approximate surface area is 86.4 Å². The monoisotopic (exact) mass is 208 g/mol. The zero-order valence-electron chi connectivity index (χ0n) is 8.23. The molecule has 80 valence electrons. The summed E-state index contributed by atoms with van der Waals surface area (Å²) < 4.78 is 5.26. The average molecular weight is 208 g/mol. The average Bonchev–Trinajstić information content (AvgIpc) is 3.08. The van der Waals surface area contributed by atoms with Crippen molar-refractivity contribution in [2.45, 2.75) is 36.6 Å². The van der Waals surface area contributed by atoms with E-state index in [2.05, 4.69) is 0 Å². The molecule has 2 saturated carbocycles. The Kier molecular flexibility index (Phi) is 1.43. The Morgan fingerprint density at radius 1 is 1.33 bits per heavy atom. The normalized spacial score (nSPS) is 24.9. The lowest BCUT2D eigenvalue weighted by atomic mass is 9.92. The van der Waals surface area contributed by atoms with Gasteiger partial charge < -0.3 is 10.2 Å². The van der Waals surface area contributed by atoms with E-state index in [1.807, 2.05) is 0 Å². The largest absolute Gasteiger partial charge is 0.433 e. The summed E-state index contributed by atoms with van der Waals surface area (Å²) in [6.45, 7) is 0. The van der Waals surface area contributed by atoms with Crippen LogP contribution in [-0.4, -0.2) is 10.5 Å². The van der Waals surface area contributed by atoms with Crippen LogP contribution < -0.4 is 5.73 Å². The molecule has 2 aliphatic rings. The molecule has 5 heteroatoms.